The van der Waals surface area contributed by atoms with E-state index in [9.17, 15) is 9.50 Å². The normalized spacial score (nSPS) is 12.4. The number of aromatic nitrogens is 4. The first-order valence-corrected chi connectivity index (χ1v) is 4.94. The van der Waals surface area contributed by atoms with Crippen LogP contribution in [0.15, 0.2) is 30.8 Å². The van der Waals surface area contributed by atoms with Crippen molar-refractivity contribution in [1.29, 1.82) is 0 Å². The summed E-state index contributed by atoms with van der Waals surface area (Å²) in [4.78, 5) is 0. The monoisotopic (exact) mass is 234 g/mol. The molecule has 0 amide bonds. The Hall–Kier alpha value is -2.08. The first kappa shape index (κ1) is 11.4. The molecule has 1 N–H and O–H groups in total. The summed E-state index contributed by atoms with van der Waals surface area (Å²) < 4.78 is 14.2. The Morgan fingerprint density at radius 1 is 1.41 bits per heavy atom. The summed E-state index contributed by atoms with van der Waals surface area (Å²) in [5.74, 6) is 0.0358. The highest BCUT2D eigenvalue weighted by Gasteiger charge is 2.17. The van der Waals surface area contributed by atoms with E-state index in [4.69, 9.17) is 0 Å². The maximum Gasteiger partial charge on any atom is 0.180 e. The van der Waals surface area contributed by atoms with Gasteiger partial charge in [0.15, 0.2) is 5.82 Å². The van der Waals surface area contributed by atoms with E-state index < -0.39 is 6.10 Å². The number of halogens is 1. The lowest BCUT2D eigenvalue weighted by Gasteiger charge is -2.12. The van der Waals surface area contributed by atoms with Crippen molar-refractivity contribution in [3.63, 3.8) is 0 Å². The van der Waals surface area contributed by atoms with Crippen LogP contribution in [0.1, 0.15) is 17.5 Å². The van der Waals surface area contributed by atoms with E-state index >= 15 is 0 Å². The van der Waals surface area contributed by atoms with Gasteiger partial charge in [0.25, 0.3) is 0 Å². The Balaban J connectivity index is 2.26. The van der Waals surface area contributed by atoms with Gasteiger partial charge in [0.05, 0.1) is 0 Å². The minimum atomic E-state index is -0.958. The molecule has 0 spiro atoms. The zero-order chi connectivity index (χ0) is 12.4. The minimum Gasteiger partial charge on any atom is -0.384 e. The van der Waals surface area contributed by atoms with Crippen LogP contribution in [0, 0.1) is 5.82 Å². The molecule has 1 aromatic carbocycles. The molecule has 88 valence electrons. The summed E-state index contributed by atoms with van der Waals surface area (Å²) in [5.41, 5.74) is 0.906. The number of aliphatic hydroxyl groups is 1. The van der Waals surface area contributed by atoms with Gasteiger partial charge < -0.3 is 5.11 Å². The largest absolute Gasteiger partial charge is 0.384 e. The summed E-state index contributed by atoms with van der Waals surface area (Å²) >= 11 is 0. The summed E-state index contributed by atoms with van der Waals surface area (Å²) in [7, 11) is 1.65. The zero-order valence-corrected chi connectivity index (χ0v) is 9.21. The van der Waals surface area contributed by atoms with E-state index in [2.05, 4.69) is 22.1 Å². The molecule has 17 heavy (non-hydrogen) atoms. The topological polar surface area (TPSA) is 63.8 Å². The lowest BCUT2D eigenvalue weighted by Crippen LogP contribution is -2.06. The number of aliphatic hydroxyl groups excluding tert-OH is 1. The van der Waals surface area contributed by atoms with Crippen molar-refractivity contribution in [3.05, 3.63) is 48.0 Å². The molecule has 0 saturated carbocycles. The second-order valence-corrected chi connectivity index (χ2v) is 3.61. The van der Waals surface area contributed by atoms with Crippen LogP contribution in [-0.2, 0) is 7.05 Å². The molecule has 5 nitrogen and oxygen atoms in total. The van der Waals surface area contributed by atoms with E-state index in [0.29, 0.717) is 17.0 Å². The highest BCUT2D eigenvalue weighted by Crippen LogP contribution is 2.26. The average molecular weight is 234 g/mol. The summed E-state index contributed by atoms with van der Waals surface area (Å²) in [6.45, 7) is 3.75. The van der Waals surface area contributed by atoms with Crippen molar-refractivity contribution < 1.29 is 9.50 Å². The van der Waals surface area contributed by atoms with Gasteiger partial charge >= 0.3 is 0 Å². The standard InChI is InChI=1S/C11H11FN4O/c1-7(11-13-14-15-16(11)2)10(17)8-3-5-9(12)6-4-8/h3-6,10,17H,1H2,2H3. The average Bonchev–Trinajstić information content (AvgIpc) is 2.74. The van der Waals surface area contributed by atoms with Crippen LogP contribution in [0.5, 0.6) is 0 Å². The van der Waals surface area contributed by atoms with Gasteiger partial charge in [-0.1, -0.05) is 18.7 Å². The summed E-state index contributed by atoms with van der Waals surface area (Å²) in [6, 6.07) is 5.55. The number of aryl methyl sites for hydroxylation is 1. The van der Waals surface area contributed by atoms with Gasteiger partial charge in [-0.25, -0.2) is 9.07 Å². The van der Waals surface area contributed by atoms with Gasteiger partial charge in [0, 0.05) is 12.6 Å². The summed E-state index contributed by atoms with van der Waals surface area (Å²) in [5, 5.41) is 20.9. The van der Waals surface area contributed by atoms with Gasteiger partial charge in [-0.05, 0) is 28.1 Å². The Labute approximate surface area is 97.2 Å². The molecular formula is C11H11FN4O. The second-order valence-electron chi connectivity index (χ2n) is 3.61. The lowest BCUT2D eigenvalue weighted by molar-refractivity contribution is 0.237. The first-order valence-electron chi connectivity index (χ1n) is 4.94. The molecule has 0 bridgehead atoms. The van der Waals surface area contributed by atoms with Crippen molar-refractivity contribution in [2.45, 2.75) is 6.10 Å². The predicted octanol–water partition coefficient (Wildman–Crippen LogP) is 1.10. The lowest BCUT2D eigenvalue weighted by atomic mass is 10.0. The molecule has 0 aliphatic heterocycles. The van der Waals surface area contributed by atoms with Crippen molar-refractivity contribution in [2.24, 2.45) is 7.05 Å². The fraction of sp³-hybridized carbons (Fsp3) is 0.182. The number of rotatable bonds is 3. The second kappa shape index (κ2) is 4.42. The maximum absolute atomic E-state index is 12.7. The SMILES string of the molecule is C=C(c1nnnn1C)C(O)c1ccc(F)cc1. The molecule has 0 aliphatic rings. The van der Waals surface area contributed by atoms with E-state index in [-0.39, 0.29) is 5.82 Å². The van der Waals surface area contributed by atoms with Crippen molar-refractivity contribution in [2.75, 3.05) is 0 Å². The van der Waals surface area contributed by atoms with Gasteiger partial charge in [-0.3, -0.25) is 0 Å². The molecule has 1 atom stereocenters. The molecular weight excluding hydrogens is 223 g/mol. The van der Waals surface area contributed by atoms with Crippen LogP contribution in [0.4, 0.5) is 4.39 Å². The molecule has 0 radical (unpaired) electrons. The molecule has 0 fully saturated rings. The number of benzene rings is 1. The van der Waals surface area contributed by atoms with Crippen molar-refractivity contribution in [3.8, 4) is 0 Å². The number of tetrazole rings is 1. The van der Waals surface area contributed by atoms with Crippen molar-refractivity contribution in [1.82, 2.24) is 20.2 Å². The van der Waals surface area contributed by atoms with Crippen LogP contribution in [0.2, 0.25) is 0 Å². The molecule has 2 rings (SSSR count). The van der Waals surface area contributed by atoms with Gasteiger partial charge in [-0.15, -0.1) is 5.10 Å². The Morgan fingerprint density at radius 3 is 2.59 bits per heavy atom. The Morgan fingerprint density at radius 2 is 2.06 bits per heavy atom. The molecule has 2 aromatic rings. The van der Waals surface area contributed by atoms with Crippen LogP contribution >= 0.6 is 0 Å². The zero-order valence-electron chi connectivity index (χ0n) is 9.21. The van der Waals surface area contributed by atoms with E-state index in [0.717, 1.165) is 0 Å². The van der Waals surface area contributed by atoms with Crippen LogP contribution in [-0.4, -0.2) is 25.3 Å². The van der Waals surface area contributed by atoms with Gasteiger partial charge in [0.1, 0.15) is 11.9 Å². The number of nitrogens with zero attached hydrogens (tertiary/aromatic N) is 4. The highest BCUT2D eigenvalue weighted by atomic mass is 19.1. The molecule has 0 saturated heterocycles. The molecule has 1 aromatic heterocycles. The summed E-state index contributed by atoms with van der Waals surface area (Å²) in [6.07, 6.45) is -0.958. The maximum atomic E-state index is 12.7. The third-order valence-electron chi connectivity index (χ3n) is 2.42. The van der Waals surface area contributed by atoms with E-state index in [1.54, 1.807) is 7.05 Å². The number of hydrogen-bond donors (Lipinski definition) is 1. The highest BCUT2D eigenvalue weighted by molar-refractivity contribution is 5.62. The molecule has 0 aliphatic carbocycles. The minimum absolute atomic E-state index is 0.355. The molecule has 6 heteroatoms. The fourth-order valence-corrected chi connectivity index (χ4v) is 1.47. The third-order valence-corrected chi connectivity index (χ3v) is 2.42. The Bertz CT molecular complexity index is 535. The van der Waals surface area contributed by atoms with Crippen LogP contribution in [0.25, 0.3) is 5.57 Å². The predicted molar refractivity (Wildman–Crippen MR) is 59.2 cm³/mol. The molecule has 1 heterocycles. The van der Waals surface area contributed by atoms with Gasteiger partial charge in [-0.2, -0.15) is 0 Å². The van der Waals surface area contributed by atoms with Crippen LogP contribution in [0.3, 0.4) is 0 Å². The first-order chi connectivity index (χ1) is 8.09. The fourth-order valence-electron chi connectivity index (χ4n) is 1.47. The van der Waals surface area contributed by atoms with Crippen molar-refractivity contribution >= 4 is 5.57 Å². The Kier molecular flexibility index (Phi) is 2.97. The van der Waals surface area contributed by atoms with Crippen LogP contribution < -0.4 is 0 Å². The third kappa shape index (κ3) is 2.21. The van der Waals surface area contributed by atoms with Gasteiger partial charge in [0.2, 0.25) is 0 Å². The quantitative estimate of drug-likeness (QED) is 0.863. The molecule has 1 unspecified atom stereocenters. The van der Waals surface area contributed by atoms with E-state index in [1.807, 2.05) is 0 Å². The van der Waals surface area contributed by atoms with E-state index in [1.165, 1.54) is 28.9 Å². The number of hydrogen-bond acceptors (Lipinski definition) is 4. The smallest absolute Gasteiger partial charge is 0.180 e.